The van der Waals surface area contributed by atoms with Crippen LogP contribution >= 0.6 is 22.6 Å². The van der Waals surface area contributed by atoms with Crippen LogP contribution in [0.15, 0.2) is 29.3 Å². The summed E-state index contributed by atoms with van der Waals surface area (Å²) < 4.78 is 3.80. The molecule has 0 fully saturated rings. The molecule has 0 spiro atoms. The van der Waals surface area contributed by atoms with Crippen LogP contribution in [0.5, 0.6) is 0 Å². The molecule has 0 atom stereocenters. The largest absolute Gasteiger partial charge is 0.364 e. The highest BCUT2D eigenvalue weighted by Crippen LogP contribution is 2.07. The van der Waals surface area contributed by atoms with Crippen LogP contribution in [-0.4, -0.2) is 29.6 Å². The van der Waals surface area contributed by atoms with Gasteiger partial charge in [0.25, 0.3) is 0 Å². The number of aromatic nitrogens is 6. The Morgan fingerprint density at radius 1 is 1.38 bits per heavy atom. The van der Waals surface area contributed by atoms with Gasteiger partial charge in [0.15, 0.2) is 11.5 Å². The van der Waals surface area contributed by atoms with Crippen LogP contribution < -0.4 is 5.69 Å². The second-order valence-corrected chi connectivity index (χ2v) is 4.34. The van der Waals surface area contributed by atoms with E-state index in [0.29, 0.717) is 11.5 Å². The molecule has 0 saturated heterocycles. The van der Waals surface area contributed by atoms with Gasteiger partial charge >= 0.3 is 5.69 Å². The molecule has 16 heavy (non-hydrogen) atoms. The maximum atomic E-state index is 11.3. The second kappa shape index (κ2) is 3.40. The van der Waals surface area contributed by atoms with E-state index < -0.39 is 0 Å². The molecule has 0 amide bonds. The smallest absolute Gasteiger partial charge is 0.244 e. The summed E-state index contributed by atoms with van der Waals surface area (Å²) in [6.45, 7) is 0. The number of H-pyrrole nitrogens is 1. The van der Waals surface area contributed by atoms with E-state index in [1.165, 1.54) is 4.52 Å². The first kappa shape index (κ1) is 9.51. The summed E-state index contributed by atoms with van der Waals surface area (Å²) in [5.41, 5.74) is 0.120. The van der Waals surface area contributed by atoms with E-state index in [1.807, 2.05) is 6.20 Å². The van der Waals surface area contributed by atoms with Crippen molar-refractivity contribution in [3.63, 3.8) is 0 Å². The third-order valence-electron chi connectivity index (χ3n) is 2.05. The molecule has 80 valence electrons. The van der Waals surface area contributed by atoms with Gasteiger partial charge in [-0.3, -0.25) is 0 Å². The topological polar surface area (TPSA) is 80.9 Å². The Morgan fingerprint density at radius 3 is 3.00 bits per heavy atom. The molecule has 3 aromatic rings. The number of hydrogen-bond donors (Lipinski definition) is 1. The van der Waals surface area contributed by atoms with Crippen LogP contribution in [0.2, 0.25) is 0 Å². The predicted octanol–water partition coefficient (Wildman–Crippen LogP) is 0.208. The van der Waals surface area contributed by atoms with E-state index in [4.69, 9.17) is 0 Å². The number of nitrogens with one attached hydrogen (secondary N) is 1. The zero-order valence-corrected chi connectivity index (χ0v) is 9.99. The first-order chi connectivity index (χ1) is 7.74. The Labute approximate surface area is 102 Å². The first-order valence-electron chi connectivity index (χ1n) is 4.39. The number of hydrogen-bond acceptors (Lipinski definition) is 4. The van der Waals surface area contributed by atoms with Crippen molar-refractivity contribution in [3.05, 3.63) is 38.6 Å². The lowest BCUT2D eigenvalue weighted by atomic mass is 10.5. The van der Waals surface area contributed by atoms with Gasteiger partial charge in [-0.1, -0.05) is 0 Å². The standard InChI is InChI=1S/C8H5IN6O/c9-5-3-10-14(4-5)7-2-1-6-11-12-8(16)15(6)13-7/h1-4H,(H,12,16). The Kier molecular flexibility index (Phi) is 2.02. The SMILES string of the molecule is O=c1[nH]nc2ccc(-n3cc(I)cn3)nn12. The van der Waals surface area contributed by atoms with Gasteiger partial charge in [0.2, 0.25) is 0 Å². The van der Waals surface area contributed by atoms with Crippen LogP contribution in [0.1, 0.15) is 0 Å². The van der Waals surface area contributed by atoms with Crippen molar-refractivity contribution in [2.75, 3.05) is 0 Å². The summed E-state index contributed by atoms with van der Waals surface area (Å²) in [4.78, 5) is 11.3. The van der Waals surface area contributed by atoms with Gasteiger partial charge < -0.3 is 0 Å². The van der Waals surface area contributed by atoms with Crippen molar-refractivity contribution in [2.45, 2.75) is 0 Å². The molecule has 0 unspecified atom stereocenters. The monoisotopic (exact) mass is 328 g/mol. The lowest BCUT2D eigenvalue weighted by molar-refractivity contribution is 0.778. The highest BCUT2D eigenvalue weighted by atomic mass is 127. The fraction of sp³-hybridized carbons (Fsp3) is 0. The minimum absolute atomic E-state index is 0.362. The fourth-order valence-corrected chi connectivity index (χ4v) is 1.73. The van der Waals surface area contributed by atoms with E-state index >= 15 is 0 Å². The zero-order valence-electron chi connectivity index (χ0n) is 7.83. The van der Waals surface area contributed by atoms with Crippen LogP contribution in [0.3, 0.4) is 0 Å². The Balaban J connectivity index is 2.25. The number of halogens is 1. The predicted molar refractivity (Wildman–Crippen MR) is 63.4 cm³/mol. The van der Waals surface area contributed by atoms with Gasteiger partial charge in [0.05, 0.1) is 9.77 Å². The molecule has 0 bridgehead atoms. The van der Waals surface area contributed by atoms with Gasteiger partial charge in [-0.05, 0) is 34.7 Å². The summed E-state index contributed by atoms with van der Waals surface area (Å²) in [6, 6.07) is 3.45. The molecule has 1 N–H and O–H groups in total. The molecule has 7 nitrogen and oxygen atoms in total. The Morgan fingerprint density at radius 2 is 2.25 bits per heavy atom. The van der Waals surface area contributed by atoms with E-state index in [2.05, 4.69) is 43.0 Å². The summed E-state index contributed by atoms with van der Waals surface area (Å²) >= 11 is 2.15. The molecule has 0 radical (unpaired) electrons. The maximum Gasteiger partial charge on any atom is 0.364 e. The van der Waals surface area contributed by atoms with Gasteiger partial charge in [-0.15, -0.1) is 5.10 Å². The molecule has 0 aliphatic carbocycles. The highest BCUT2D eigenvalue weighted by Gasteiger charge is 2.05. The molecule has 0 aromatic carbocycles. The zero-order chi connectivity index (χ0) is 11.1. The van der Waals surface area contributed by atoms with E-state index in [0.717, 1.165) is 3.57 Å². The van der Waals surface area contributed by atoms with Gasteiger partial charge in [-0.2, -0.15) is 14.7 Å². The lowest BCUT2D eigenvalue weighted by Gasteiger charge is -1.98. The summed E-state index contributed by atoms with van der Waals surface area (Å²) in [5, 5.41) is 14.3. The molecular formula is C8H5IN6O. The number of rotatable bonds is 1. The Hall–Kier alpha value is -1.71. The van der Waals surface area contributed by atoms with Crippen LogP contribution in [0.4, 0.5) is 0 Å². The molecule has 3 rings (SSSR count). The van der Waals surface area contributed by atoms with Crippen molar-refractivity contribution >= 4 is 28.2 Å². The van der Waals surface area contributed by atoms with Crippen molar-refractivity contribution < 1.29 is 0 Å². The molecule has 3 aromatic heterocycles. The third kappa shape index (κ3) is 1.41. The minimum Gasteiger partial charge on any atom is -0.244 e. The van der Waals surface area contributed by atoms with E-state index in [9.17, 15) is 4.79 Å². The van der Waals surface area contributed by atoms with Crippen molar-refractivity contribution in [2.24, 2.45) is 0 Å². The van der Waals surface area contributed by atoms with Gasteiger partial charge in [-0.25, -0.2) is 14.6 Å². The van der Waals surface area contributed by atoms with Gasteiger partial charge in [0, 0.05) is 6.20 Å². The Bertz CT molecular complexity index is 710. The van der Waals surface area contributed by atoms with Crippen LogP contribution in [0, 0.1) is 3.57 Å². The van der Waals surface area contributed by atoms with Crippen LogP contribution in [-0.2, 0) is 0 Å². The summed E-state index contributed by atoms with van der Waals surface area (Å²) in [5.74, 6) is 0.568. The minimum atomic E-state index is -0.362. The number of aromatic amines is 1. The molecule has 0 saturated carbocycles. The second-order valence-electron chi connectivity index (χ2n) is 3.09. The van der Waals surface area contributed by atoms with Gasteiger partial charge in [0.1, 0.15) is 0 Å². The van der Waals surface area contributed by atoms with Crippen molar-refractivity contribution in [1.82, 2.24) is 29.6 Å². The van der Waals surface area contributed by atoms with E-state index in [-0.39, 0.29) is 5.69 Å². The molecule has 0 aliphatic heterocycles. The normalized spacial score (nSPS) is 11.1. The number of fused-ring (bicyclic) bond motifs is 1. The fourth-order valence-electron chi connectivity index (χ4n) is 1.34. The summed E-state index contributed by atoms with van der Waals surface area (Å²) in [7, 11) is 0. The molecule has 0 aliphatic rings. The average Bonchev–Trinajstić information content (AvgIpc) is 2.86. The van der Waals surface area contributed by atoms with Crippen molar-refractivity contribution in [1.29, 1.82) is 0 Å². The van der Waals surface area contributed by atoms with Crippen molar-refractivity contribution in [3.8, 4) is 5.82 Å². The molecule has 8 heteroatoms. The quantitative estimate of drug-likeness (QED) is 0.648. The lowest BCUT2D eigenvalue weighted by Crippen LogP contribution is -2.14. The number of nitrogens with zero attached hydrogens (tertiary/aromatic N) is 5. The first-order valence-corrected chi connectivity index (χ1v) is 5.47. The molecule has 3 heterocycles. The third-order valence-corrected chi connectivity index (χ3v) is 2.60. The van der Waals surface area contributed by atoms with E-state index in [1.54, 1.807) is 23.0 Å². The maximum absolute atomic E-state index is 11.3. The molecular weight excluding hydrogens is 323 g/mol. The average molecular weight is 328 g/mol. The summed E-state index contributed by atoms with van der Waals surface area (Å²) in [6.07, 6.45) is 3.53. The van der Waals surface area contributed by atoms with Crippen LogP contribution in [0.25, 0.3) is 11.5 Å². The highest BCUT2D eigenvalue weighted by molar-refractivity contribution is 14.1.